The standard InChI is InChI=1S/C20H24N2O3S/c1-16-10-12-19(13-11-16)26(24,25)22-14-6-7-17(15-22)20(23)21(2)18-8-4-3-5-9-18/h3-5,8-13,17H,6-7,14-15H2,1-2H3/t17-/m1/s1. The molecule has 0 aliphatic carbocycles. The minimum atomic E-state index is -3.57. The van der Waals surface area contributed by atoms with Crippen molar-refractivity contribution in [1.29, 1.82) is 0 Å². The Morgan fingerprint density at radius 1 is 1.08 bits per heavy atom. The average Bonchev–Trinajstić information content (AvgIpc) is 2.68. The molecule has 1 amide bonds. The Morgan fingerprint density at radius 3 is 2.38 bits per heavy atom. The second-order valence-corrected chi connectivity index (χ2v) is 8.69. The van der Waals surface area contributed by atoms with E-state index in [9.17, 15) is 13.2 Å². The highest BCUT2D eigenvalue weighted by Crippen LogP contribution is 2.26. The number of aryl methyl sites for hydroxylation is 1. The molecule has 0 bridgehead atoms. The molecule has 0 radical (unpaired) electrons. The molecule has 1 atom stereocenters. The molecule has 1 fully saturated rings. The summed E-state index contributed by atoms with van der Waals surface area (Å²) in [7, 11) is -1.83. The predicted octanol–water partition coefficient (Wildman–Crippen LogP) is 3.06. The van der Waals surface area contributed by atoms with E-state index in [0.29, 0.717) is 19.4 Å². The minimum Gasteiger partial charge on any atom is -0.315 e. The maximum absolute atomic E-state index is 12.9. The van der Waals surface area contributed by atoms with Gasteiger partial charge < -0.3 is 4.90 Å². The predicted molar refractivity (Wildman–Crippen MR) is 103 cm³/mol. The van der Waals surface area contributed by atoms with Crippen molar-refractivity contribution in [3.63, 3.8) is 0 Å². The normalized spacial score (nSPS) is 18.5. The number of piperidine rings is 1. The molecule has 0 saturated carbocycles. The molecule has 138 valence electrons. The highest BCUT2D eigenvalue weighted by Gasteiger charge is 2.34. The topological polar surface area (TPSA) is 57.7 Å². The first-order valence-electron chi connectivity index (χ1n) is 8.79. The highest BCUT2D eigenvalue weighted by atomic mass is 32.2. The van der Waals surface area contributed by atoms with Crippen LogP contribution in [0.3, 0.4) is 0 Å². The summed E-state index contributed by atoms with van der Waals surface area (Å²) >= 11 is 0. The molecule has 0 spiro atoms. The largest absolute Gasteiger partial charge is 0.315 e. The molecule has 6 heteroatoms. The molecule has 2 aromatic rings. The number of para-hydroxylation sites is 1. The summed E-state index contributed by atoms with van der Waals surface area (Å²) in [4.78, 5) is 14.8. The molecule has 5 nitrogen and oxygen atoms in total. The zero-order valence-corrected chi connectivity index (χ0v) is 15.9. The lowest BCUT2D eigenvalue weighted by molar-refractivity contribution is -0.123. The van der Waals surface area contributed by atoms with E-state index >= 15 is 0 Å². The van der Waals surface area contributed by atoms with Crippen molar-refractivity contribution >= 4 is 21.6 Å². The Labute approximate surface area is 155 Å². The van der Waals surface area contributed by atoms with Crippen molar-refractivity contribution in [2.24, 2.45) is 5.92 Å². The van der Waals surface area contributed by atoms with Crippen LogP contribution in [0.15, 0.2) is 59.5 Å². The number of hydrogen-bond acceptors (Lipinski definition) is 3. The summed E-state index contributed by atoms with van der Waals surface area (Å²) in [6.07, 6.45) is 1.39. The maximum atomic E-state index is 12.9. The van der Waals surface area contributed by atoms with Gasteiger partial charge in [0.05, 0.1) is 10.8 Å². The number of carbonyl (C=O) groups is 1. The van der Waals surface area contributed by atoms with Crippen molar-refractivity contribution in [1.82, 2.24) is 4.31 Å². The minimum absolute atomic E-state index is 0.0417. The van der Waals surface area contributed by atoms with Gasteiger partial charge in [-0.2, -0.15) is 4.31 Å². The van der Waals surface area contributed by atoms with E-state index in [-0.39, 0.29) is 23.3 Å². The number of hydrogen-bond donors (Lipinski definition) is 0. The molecule has 0 N–H and O–H groups in total. The SMILES string of the molecule is Cc1ccc(S(=O)(=O)N2CCC[C@@H](C(=O)N(C)c3ccccc3)C2)cc1. The summed E-state index contributed by atoms with van der Waals surface area (Å²) in [6.45, 7) is 2.60. The molecule has 0 unspecified atom stereocenters. The Morgan fingerprint density at radius 2 is 1.73 bits per heavy atom. The van der Waals surface area contributed by atoms with Gasteiger partial charge in [0, 0.05) is 25.8 Å². The van der Waals surface area contributed by atoms with Crippen molar-refractivity contribution in [2.45, 2.75) is 24.7 Å². The van der Waals surface area contributed by atoms with E-state index in [0.717, 1.165) is 11.3 Å². The van der Waals surface area contributed by atoms with Crippen LogP contribution in [-0.2, 0) is 14.8 Å². The van der Waals surface area contributed by atoms with Crippen LogP contribution >= 0.6 is 0 Å². The van der Waals surface area contributed by atoms with Crippen LogP contribution in [-0.4, -0.2) is 38.8 Å². The quantitative estimate of drug-likeness (QED) is 0.829. The first-order chi connectivity index (χ1) is 12.4. The number of benzene rings is 2. The molecule has 2 aromatic carbocycles. The molecular formula is C20H24N2O3S. The number of carbonyl (C=O) groups excluding carboxylic acids is 1. The van der Waals surface area contributed by atoms with Gasteiger partial charge in [0.25, 0.3) is 0 Å². The second kappa shape index (κ2) is 7.60. The van der Waals surface area contributed by atoms with E-state index in [2.05, 4.69) is 0 Å². The fourth-order valence-corrected chi connectivity index (χ4v) is 4.80. The third-order valence-electron chi connectivity index (χ3n) is 4.87. The first kappa shape index (κ1) is 18.6. The Bertz CT molecular complexity index is 864. The van der Waals surface area contributed by atoms with Gasteiger partial charge >= 0.3 is 0 Å². The fraction of sp³-hybridized carbons (Fsp3) is 0.350. The third kappa shape index (κ3) is 3.81. The molecule has 1 saturated heterocycles. The van der Waals surface area contributed by atoms with Gasteiger partial charge in [-0.3, -0.25) is 4.79 Å². The van der Waals surface area contributed by atoms with Crippen molar-refractivity contribution in [3.8, 4) is 0 Å². The average molecular weight is 372 g/mol. The summed E-state index contributed by atoms with van der Waals surface area (Å²) in [5.41, 5.74) is 1.83. The third-order valence-corrected chi connectivity index (χ3v) is 6.75. The van der Waals surface area contributed by atoms with E-state index in [4.69, 9.17) is 0 Å². The summed E-state index contributed by atoms with van der Waals surface area (Å²) in [5, 5.41) is 0. The lowest BCUT2D eigenvalue weighted by Crippen LogP contribution is -2.45. The van der Waals surface area contributed by atoms with Gasteiger partial charge in [-0.05, 0) is 44.0 Å². The van der Waals surface area contributed by atoms with Gasteiger partial charge in [0.2, 0.25) is 15.9 Å². The lowest BCUT2D eigenvalue weighted by Gasteiger charge is -2.33. The van der Waals surface area contributed by atoms with Crippen LogP contribution in [0, 0.1) is 12.8 Å². The maximum Gasteiger partial charge on any atom is 0.243 e. The van der Waals surface area contributed by atoms with Gasteiger partial charge in [0.15, 0.2) is 0 Å². The summed E-state index contributed by atoms with van der Waals surface area (Å²) in [5.74, 6) is -0.366. The monoisotopic (exact) mass is 372 g/mol. The van der Waals surface area contributed by atoms with E-state index < -0.39 is 10.0 Å². The number of nitrogens with zero attached hydrogens (tertiary/aromatic N) is 2. The number of rotatable bonds is 4. The Kier molecular flexibility index (Phi) is 5.44. The Balaban J connectivity index is 1.76. The molecule has 1 aliphatic heterocycles. The molecule has 1 heterocycles. The number of amides is 1. The van der Waals surface area contributed by atoms with Crippen molar-refractivity contribution in [2.75, 3.05) is 25.0 Å². The Hall–Kier alpha value is -2.18. The van der Waals surface area contributed by atoms with E-state index in [1.807, 2.05) is 37.3 Å². The number of anilines is 1. The zero-order chi connectivity index (χ0) is 18.7. The molecule has 3 rings (SSSR count). The van der Waals surface area contributed by atoms with Gasteiger partial charge in [-0.25, -0.2) is 8.42 Å². The summed E-state index contributed by atoms with van der Waals surface area (Å²) < 4.78 is 27.3. The highest BCUT2D eigenvalue weighted by molar-refractivity contribution is 7.89. The second-order valence-electron chi connectivity index (χ2n) is 6.75. The van der Waals surface area contributed by atoms with Crippen molar-refractivity contribution in [3.05, 3.63) is 60.2 Å². The van der Waals surface area contributed by atoms with Crippen LogP contribution < -0.4 is 4.90 Å². The van der Waals surface area contributed by atoms with E-state index in [1.165, 1.54) is 4.31 Å². The molecule has 26 heavy (non-hydrogen) atoms. The molecule has 0 aromatic heterocycles. The van der Waals surface area contributed by atoms with Crippen LogP contribution in [0.4, 0.5) is 5.69 Å². The van der Waals surface area contributed by atoms with Crippen molar-refractivity contribution < 1.29 is 13.2 Å². The zero-order valence-electron chi connectivity index (χ0n) is 15.1. The van der Waals surface area contributed by atoms with Crippen LogP contribution in [0.5, 0.6) is 0 Å². The van der Waals surface area contributed by atoms with Crippen LogP contribution in [0.25, 0.3) is 0 Å². The lowest BCUT2D eigenvalue weighted by atomic mass is 9.98. The van der Waals surface area contributed by atoms with E-state index in [1.54, 1.807) is 36.2 Å². The number of sulfonamides is 1. The molecule has 1 aliphatic rings. The van der Waals surface area contributed by atoms with Gasteiger partial charge in [-0.1, -0.05) is 35.9 Å². The van der Waals surface area contributed by atoms with Gasteiger partial charge in [-0.15, -0.1) is 0 Å². The summed E-state index contributed by atoms with van der Waals surface area (Å²) in [6, 6.07) is 16.3. The smallest absolute Gasteiger partial charge is 0.243 e. The van der Waals surface area contributed by atoms with Gasteiger partial charge in [0.1, 0.15) is 0 Å². The van der Waals surface area contributed by atoms with Crippen LogP contribution in [0.1, 0.15) is 18.4 Å². The molecular weight excluding hydrogens is 348 g/mol. The fourth-order valence-electron chi connectivity index (χ4n) is 3.27. The van der Waals surface area contributed by atoms with Crippen LogP contribution in [0.2, 0.25) is 0 Å². The first-order valence-corrected chi connectivity index (χ1v) is 10.2.